The highest BCUT2D eigenvalue weighted by atomic mass is 32.1. The molecule has 17 heavy (non-hydrogen) atoms. The number of thiazole rings is 1. The molecule has 0 radical (unpaired) electrons. The van der Waals surface area contributed by atoms with Crippen LogP contribution in [-0.2, 0) is 17.6 Å². The van der Waals surface area contributed by atoms with E-state index in [4.69, 9.17) is 15.5 Å². The highest BCUT2D eigenvalue weighted by Gasteiger charge is 2.32. The van der Waals surface area contributed by atoms with E-state index in [1.807, 2.05) is 6.92 Å². The van der Waals surface area contributed by atoms with Crippen molar-refractivity contribution in [2.75, 3.05) is 13.2 Å². The van der Waals surface area contributed by atoms with Crippen LogP contribution in [0.2, 0.25) is 0 Å². The van der Waals surface area contributed by atoms with Gasteiger partial charge in [-0.15, -0.1) is 11.3 Å². The van der Waals surface area contributed by atoms with Crippen LogP contribution in [0.5, 0.6) is 0 Å². The summed E-state index contributed by atoms with van der Waals surface area (Å²) in [4.78, 5) is 6.03. The molecule has 0 saturated carbocycles. The van der Waals surface area contributed by atoms with E-state index in [2.05, 4.69) is 13.8 Å². The lowest BCUT2D eigenvalue weighted by molar-refractivity contribution is 0.151. The zero-order valence-electron chi connectivity index (χ0n) is 11.0. The summed E-state index contributed by atoms with van der Waals surface area (Å²) in [6, 6.07) is 0.173. The molecule has 0 spiro atoms. The molecule has 0 bridgehead atoms. The Bertz CT molecular complexity index is 387. The summed E-state index contributed by atoms with van der Waals surface area (Å²) in [5.41, 5.74) is 7.75. The number of fused-ring (bicyclic) bond motifs is 1. The molecule has 2 N–H and O–H groups in total. The summed E-state index contributed by atoms with van der Waals surface area (Å²) >= 11 is 1.78. The average Bonchev–Trinajstić information content (AvgIpc) is 2.59. The number of hydrogen-bond donors (Lipinski definition) is 1. The van der Waals surface area contributed by atoms with Gasteiger partial charge in [0.1, 0.15) is 0 Å². The Morgan fingerprint density at radius 1 is 1.53 bits per heavy atom. The maximum Gasteiger partial charge on any atom is 0.0954 e. The Morgan fingerprint density at radius 2 is 2.29 bits per heavy atom. The number of aromatic nitrogens is 1. The lowest BCUT2D eigenvalue weighted by Gasteiger charge is -2.32. The van der Waals surface area contributed by atoms with Gasteiger partial charge in [0.2, 0.25) is 0 Å². The summed E-state index contributed by atoms with van der Waals surface area (Å²) < 4.78 is 5.37. The predicted molar refractivity (Wildman–Crippen MR) is 71.3 cm³/mol. The molecule has 0 amide bonds. The zero-order chi connectivity index (χ0) is 12.5. The van der Waals surface area contributed by atoms with E-state index in [-0.39, 0.29) is 11.5 Å². The van der Waals surface area contributed by atoms with Gasteiger partial charge in [-0.3, -0.25) is 0 Å². The van der Waals surface area contributed by atoms with Crippen molar-refractivity contribution in [3.05, 3.63) is 15.6 Å². The van der Waals surface area contributed by atoms with Crippen molar-refractivity contribution in [2.24, 2.45) is 11.1 Å². The third-order valence-electron chi connectivity index (χ3n) is 3.19. The molecule has 1 heterocycles. The molecule has 3 nitrogen and oxygen atoms in total. The van der Waals surface area contributed by atoms with Crippen LogP contribution in [-0.4, -0.2) is 18.2 Å². The van der Waals surface area contributed by atoms with Crippen LogP contribution in [0.1, 0.15) is 48.8 Å². The van der Waals surface area contributed by atoms with Crippen LogP contribution in [0.15, 0.2) is 0 Å². The van der Waals surface area contributed by atoms with E-state index in [9.17, 15) is 0 Å². The molecule has 0 saturated heterocycles. The maximum absolute atomic E-state index is 6.23. The number of nitrogens with two attached hydrogens (primary N) is 1. The second-order valence-electron chi connectivity index (χ2n) is 5.52. The van der Waals surface area contributed by atoms with Gasteiger partial charge in [-0.2, -0.15) is 0 Å². The van der Waals surface area contributed by atoms with E-state index in [0.717, 1.165) is 32.5 Å². The van der Waals surface area contributed by atoms with Crippen molar-refractivity contribution in [3.63, 3.8) is 0 Å². The van der Waals surface area contributed by atoms with Crippen molar-refractivity contribution in [2.45, 2.75) is 46.1 Å². The first-order chi connectivity index (χ1) is 8.02. The number of rotatable bonds is 4. The van der Waals surface area contributed by atoms with E-state index in [0.29, 0.717) is 0 Å². The van der Waals surface area contributed by atoms with Gasteiger partial charge >= 0.3 is 0 Å². The number of ether oxygens (including phenoxy) is 1. The average molecular weight is 254 g/mol. The van der Waals surface area contributed by atoms with Crippen molar-refractivity contribution in [3.8, 4) is 0 Å². The van der Waals surface area contributed by atoms with Gasteiger partial charge in [0.15, 0.2) is 0 Å². The van der Waals surface area contributed by atoms with E-state index in [1.165, 1.54) is 15.6 Å². The van der Waals surface area contributed by atoms with Gasteiger partial charge in [-0.05, 0) is 25.2 Å². The summed E-state index contributed by atoms with van der Waals surface area (Å²) in [6.07, 6.45) is 3.03. The topological polar surface area (TPSA) is 48.1 Å². The van der Waals surface area contributed by atoms with Crippen LogP contribution in [0.3, 0.4) is 0 Å². The highest BCUT2D eigenvalue weighted by molar-refractivity contribution is 7.11. The maximum atomic E-state index is 6.23. The van der Waals surface area contributed by atoms with Gasteiger partial charge in [-0.25, -0.2) is 4.98 Å². The van der Waals surface area contributed by atoms with Gasteiger partial charge in [0.25, 0.3) is 0 Å². The highest BCUT2D eigenvalue weighted by Crippen LogP contribution is 2.41. The third-order valence-corrected chi connectivity index (χ3v) is 4.48. The molecule has 1 aliphatic carbocycles. The summed E-state index contributed by atoms with van der Waals surface area (Å²) in [6.45, 7) is 8.11. The van der Waals surface area contributed by atoms with Crippen LogP contribution >= 0.6 is 11.3 Å². The predicted octanol–water partition coefficient (Wildman–Crippen LogP) is 2.69. The Labute approximate surface area is 107 Å². The molecule has 1 aliphatic rings. The largest absolute Gasteiger partial charge is 0.381 e. The number of hydrogen-bond acceptors (Lipinski definition) is 4. The standard InChI is InChI=1S/C13H22N2OS/c1-4-16-6-5-11-15-10-8-13(2,3)7-9(14)12(10)17-11/h9H,4-8,14H2,1-3H3. The fourth-order valence-corrected chi connectivity index (χ4v) is 3.52. The molecular formula is C13H22N2OS. The first kappa shape index (κ1) is 13.0. The lowest BCUT2D eigenvalue weighted by atomic mass is 9.77. The Morgan fingerprint density at radius 3 is 3.00 bits per heavy atom. The molecule has 0 aliphatic heterocycles. The van der Waals surface area contributed by atoms with Crippen molar-refractivity contribution in [1.29, 1.82) is 0 Å². The molecule has 1 atom stereocenters. The number of nitrogens with zero attached hydrogens (tertiary/aromatic N) is 1. The van der Waals surface area contributed by atoms with E-state index < -0.39 is 0 Å². The SMILES string of the molecule is CCOCCc1nc2c(s1)C(N)CC(C)(C)C2. The monoisotopic (exact) mass is 254 g/mol. The van der Waals surface area contributed by atoms with E-state index >= 15 is 0 Å². The molecule has 1 aromatic heterocycles. The van der Waals surface area contributed by atoms with Gasteiger partial charge < -0.3 is 10.5 Å². The summed E-state index contributed by atoms with van der Waals surface area (Å²) in [5, 5.41) is 1.18. The fourth-order valence-electron chi connectivity index (χ4n) is 2.45. The van der Waals surface area contributed by atoms with Gasteiger partial charge in [-0.1, -0.05) is 13.8 Å². The Balaban J connectivity index is 2.10. The van der Waals surface area contributed by atoms with Crippen molar-refractivity contribution in [1.82, 2.24) is 4.98 Å². The summed E-state index contributed by atoms with van der Waals surface area (Å²) in [7, 11) is 0. The molecule has 1 unspecified atom stereocenters. The van der Waals surface area contributed by atoms with Crippen molar-refractivity contribution >= 4 is 11.3 Å². The second kappa shape index (κ2) is 5.04. The molecule has 0 fully saturated rings. The smallest absolute Gasteiger partial charge is 0.0954 e. The molecule has 1 aromatic rings. The lowest BCUT2D eigenvalue weighted by Crippen LogP contribution is -2.28. The minimum absolute atomic E-state index is 0.173. The fraction of sp³-hybridized carbons (Fsp3) is 0.769. The quantitative estimate of drug-likeness (QED) is 0.840. The molecule has 4 heteroatoms. The van der Waals surface area contributed by atoms with Crippen LogP contribution in [0.4, 0.5) is 0 Å². The van der Waals surface area contributed by atoms with Crippen LogP contribution in [0, 0.1) is 5.41 Å². The molecular weight excluding hydrogens is 232 g/mol. The summed E-state index contributed by atoms with van der Waals surface area (Å²) in [5.74, 6) is 0. The Hall–Kier alpha value is -0.450. The van der Waals surface area contributed by atoms with Gasteiger partial charge in [0.05, 0.1) is 17.3 Å². The van der Waals surface area contributed by atoms with E-state index in [1.54, 1.807) is 11.3 Å². The van der Waals surface area contributed by atoms with Crippen LogP contribution in [0.25, 0.3) is 0 Å². The second-order valence-corrected chi connectivity index (χ2v) is 6.63. The van der Waals surface area contributed by atoms with Crippen LogP contribution < -0.4 is 5.73 Å². The molecule has 96 valence electrons. The minimum atomic E-state index is 0.173. The minimum Gasteiger partial charge on any atom is -0.381 e. The normalized spacial score (nSPS) is 22.5. The molecule has 0 aromatic carbocycles. The zero-order valence-corrected chi connectivity index (χ0v) is 11.8. The third kappa shape index (κ3) is 3.06. The van der Waals surface area contributed by atoms with Gasteiger partial charge in [0, 0.05) is 23.9 Å². The molecule has 2 rings (SSSR count). The van der Waals surface area contributed by atoms with Crippen molar-refractivity contribution < 1.29 is 4.74 Å². The first-order valence-electron chi connectivity index (χ1n) is 6.33. The first-order valence-corrected chi connectivity index (χ1v) is 7.15. The Kier molecular flexibility index (Phi) is 3.85.